The van der Waals surface area contributed by atoms with Crippen molar-refractivity contribution in [1.82, 2.24) is 14.9 Å². The normalized spacial score (nSPS) is 18.1. The number of rotatable bonds is 5. The Labute approximate surface area is 147 Å². The fraction of sp³-hybridized carbons (Fsp3) is 0.444. The lowest BCUT2D eigenvalue weighted by molar-refractivity contribution is -0.384. The lowest BCUT2D eigenvalue weighted by Gasteiger charge is -2.38. The first-order valence-corrected chi connectivity index (χ1v) is 8.50. The molecular formula is C18H23N5O2. The summed E-state index contributed by atoms with van der Waals surface area (Å²) in [7, 11) is 2.07. The highest BCUT2D eigenvalue weighted by Gasteiger charge is 2.24. The molecule has 0 N–H and O–H groups in total. The lowest BCUT2D eigenvalue weighted by atomic mass is 10.0. The monoisotopic (exact) mass is 341 g/mol. The number of hydrogen-bond donors (Lipinski definition) is 0. The number of likely N-dealkylation sites (tertiary alicyclic amines) is 1. The number of nitro groups is 1. The summed E-state index contributed by atoms with van der Waals surface area (Å²) in [5, 5.41) is 10.9. The van der Waals surface area contributed by atoms with Crippen LogP contribution in [0.3, 0.4) is 0 Å². The zero-order valence-corrected chi connectivity index (χ0v) is 14.6. The summed E-state index contributed by atoms with van der Waals surface area (Å²) in [6, 6.07) is 9.29. The zero-order chi connectivity index (χ0) is 17.8. The van der Waals surface area contributed by atoms with Gasteiger partial charge in [-0.15, -0.1) is 0 Å². The highest BCUT2D eigenvalue weighted by molar-refractivity contribution is 5.39. The van der Waals surface area contributed by atoms with Crippen molar-refractivity contribution in [2.45, 2.75) is 32.4 Å². The summed E-state index contributed by atoms with van der Waals surface area (Å²) < 4.78 is 0. The molecule has 0 spiro atoms. The van der Waals surface area contributed by atoms with Crippen LogP contribution >= 0.6 is 0 Å². The summed E-state index contributed by atoms with van der Waals surface area (Å²) in [6.07, 6.45) is 3.82. The fourth-order valence-electron chi connectivity index (χ4n) is 3.34. The van der Waals surface area contributed by atoms with E-state index in [4.69, 9.17) is 0 Å². The van der Waals surface area contributed by atoms with Crippen molar-refractivity contribution in [2.75, 3.05) is 25.0 Å². The van der Waals surface area contributed by atoms with Gasteiger partial charge in [0.1, 0.15) is 12.1 Å². The molecule has 1 fully saturated rings. The Morgan fingerprint density at radius 1 is 1.36 bits per heavy atom. The molecule has 1 aliphatic rings. The molecular weight excluding hydrogens is 318 g/mol. The van der Waals surface area contributed by atoms with E-state index >= 15 is 0 Å². The first-order chi connectivity index (χ1) is 12.0. The molecule has 7 heteroatoms. The number of non-ortho nitro benzene ring substituents is 1. The molecule has 7 nitrogen and oxygen atoms in total. The molecule has 1 aliphatic heterocycles. The second kappa shape index (κ2) is 7.57. The Bertz CT molecular complexity index is 752. The summed E-state index contributed by atoms with van der Waals surface area (Å²) in [5.41, 5.74) is 2.09. The minimum atomic E-state index is -0.340. The molecule has 132 valence electrons. The minimum absolute atomic E-state index is 0.152. The Balaban J connectivity index is 1.67. The van der Waals surface area contributed by atoms with Crippen LogP contribution in [0, 0.1) is 17.0 Å². The Morgan fingerprint density at radius 3 is 2.96 bits per heavy atom. The van der Waals surface area contributed by atoms with Crippen LogP contribution in [-0.4, -0.2) is 46.0 Å². The van der Waals surface area contributed by atoms with Crippen LogP contribution < -0.4 is 4.90 Å². The summed E-state index contributed by atoms with van der Waals surface area (Å²) in [5.74, 6) is 0.940. The lowest BCUT2D eigenvalue weighted by Crippen LogP contribution is -2.46. The first kappa shape index (κ1) is 17.3. The van der Waals surface area contributed by atoms with Gasteiger partial charge in [-0.3, -0.25) is 15.0 Å². The Hall–Kier alpha value is -2.54. The van der Waals surface area contributed by atoms with Crippen molar-refractivity contribution < 1.29 is 4.92 Å². The molecule has 1 aromatic heterocycles. The molecule has 25 heavy (non-hydrogen) atoms. The molecule has 0 radical (unpaired) electrons. The van der Waals surface area contributed by atoms with Crippen LogP contribution in [0.4, 0.5) is 11.5 Å². The molecule has 3 rings (SSSR count). The van der Waals surface area contributed by atoms with E-state index in [0.717, 1.165) is 49.6 Å². The van der Waals surface area contributed by atoms with E-state index in [9.17, 15) is 10.1 Å². The average molecular weight is 341 g/mol. The zero-order valence-electron chi connectivity index (χ0n) is 14.6. The highest BCUT2D eigenvalue weighted by atomic mass is 16.6. The van der Waals surface area contributed by atoms with Crippen LogP contribution in [0.1, 0.15) is 24.1 Å². The van der Waals surface area contributed by atoms with E-state index in [0.29, 0.717) is 6.04 Å². The molecule has 0 amide bonds. The molecule has 1 aromatic carbocycles. The van der Waals surface area contributed by atoms with E-state index < -0.39 is 0 Å². The number of nitrogens with zero attached hydrogens (tertiary/aromatic N) is 5. The molecule has 1 unspecified atom stereocenters. The van der Waals surface area contributed by atoms with Crippen LogP contribution in [0.5, 0.6) is 0 Å². The van der Waals surface area contributed by atoms with Crippen molar-refractivity contribution in [1.29, 1.82) is 0 Å². The topological polar surface area (TPSA) is 75.4 Å². The predicted molar refractivity (Wildman–Crippen MR) is 96.6 cm³/mol. The van der Waals surface area contributed by atoms with Crippen LogP contribution in [-0.2, 0) is 6.54 Å². The van der Waals surface area contributed by atoms with Gasteiger partial charge in [0.25, 0.3) is 5.69 Å². The van der Waals surface area contributed by atoms with Crippen LogP contribution in [0.25, 0.3) is 0 Å². The third kappa shape index (κ3) is 4.30. The van der Waals surface area contributed by atoms with Gasteiger partial charge in [0.05, 0.1) is 4.92 Å². The molecule has 1 saturated heterocycles. The standard InChI is InChI=1S/C18H23N5O2/c1-14-9-18(20-13-19-14)21(2)17-7-4-8-22(12-17)11-15-5-3-6-16(10-15)23(24)25/h3,5-6,9-10,13,17H,4,7-8,11-12H2,1-2H3. The van der Waals surface area contributed by atoms with E-state index in [2.05, 4.69) is 26.8 Å². The van der Waals surface area contributed by atoms with E-state index in [-0.39, 0.29) is 10.6 Å². The summed E-state index contributed by atoms with van der Waals surface area (Å²) in [6.45, 7) is 4.63. The van der Waals surface area contributed by atoms with Gasteiger partial charge in [-0.2, -0.15) is 0 Å². The minimum Gasteiger partial charge on any atom is -0.355 e. The largest absolute Gasteiger partial charge is 0.355 e. The smallest absolute Gasteiger partial charge is 0.269 e. The van der Waals surface area contributed by atoms with Crippen molar-refractivity contribution >= 4 is 11.5 Å². The van der Waals surface area contributed by atoms with Crippen LogP contribution in [0.15, 0.2) is 36.7 Å². The number of hydrogen-bond acceptors (Lipinski definition) is 6. The van der Waals surface area contributed by atoms with E-state index in [1.54, 1.807) is 18.5 Å². The molecule has 0 bridgehead atoms. The van der Waals surface area contributed by atoms with Gasteiger partial charge in [0.15, 0.2) is 0 Å². The van der Waals surface area contributed by atoms with Gasteiger partial charge in [0, 0.05) is 50.1 Å². The number of benzene rings is 1. The maximum atomic E-state index is 10.9. The van der Waals surface area contributed by atoms with Gasteiger partial charge in [-0.1, -0.05) is 12.1 Å². The van der Waals surface area contributed by atoms with Gasteiger partial charge >= 0.3 is 0 Å². The third-order valence-corrected chi connectivity index (χ3v) is 4.71. The summed E-state index contributed by atoms with van der Waals surface area (Å²) >= 11 is 0. The van der Waals surface area contributed by atoms with Gasteiger partial charge < -0.3 is 4.90 Å². The number of aryl methyl sites for hydroxylation is 1. The Kier molecular flexibility index (Phi) is 5.23. The number of likely N-dealkylation sites (N-methyl/N-ethyl adjacent to an activating group) is 1. The van der Waals surface area contributed by atoms with Gasteiger partial charge in [-0.25, -0.2) is 9.97 Å². The number of piperidine rings is 1. The molecule has 2 heterocycles. The first-order valence-electron chi connectivity index (χ1n) is 8.50. The average Bonchev–Trinajstić information content (AvgIpc) is 2.61. The van der Waals surface area contributed by atoms with Gasteiger partial charge in [-0.05, 0) is 31.9 Å². The predicted octanol–water partition coefficient (Wildman–Crippen LogP) is 2.79. The molecule has 2 aromatic rings. The third-order valence-electron chi connectivity index (χ3n) is 4.71. The molecule has 1 atom stereocenters. The number of aromatic nitrogens is 2. The second-order valence-electron chi connectivity index (χ2n) is 6.59. The maximum Gasteiger partial charge on any atom is 0.269 e. The molecule has 0 saturated carbocycles. The van der Waals surface area contributed by atoms with Crippen molar-refractivity contribution in [2.24, 2.45) is 0 Å². The van der Waals surface area contributed by atoms with E-state index in [1.165, 1.54) is 6.07 Å². The number of anilines is 1. The fourth-order valence-corrected chi connectivity index (χ4v) is 3.34. The highest BCUT2D eigenvalue weighted by Crippen LogP contribution is 2.22. The maximum absolute atomic E-state index is 10.9. The quantitative estimate of drug-likeness (QED) is 0.615. The van der Waals surface area contributed by atoms with Crippen LogP contribution in [0.2, 0.25) is 0 Å². The van der Waals surface area contributed by atoms with E-state index in [1.807, 2.05) is 19.1 Å². The van der Waals surface area contributed by atoms with Crippen molar-refractivity contribution in [3.8, 4) is 0 Å². The summed E-state index contributed by atoms with van der Waals surface area (Å²) in [4.78, 5) is 23.7. The Morgan fingerprint density at radius 2 is 2.20 bits per heavy atom. The molecule has 0 aliphatic carbocycles. The SMILES string of the molecule is Cc1cc(N(C)C2CCCN(Cc3cccc([N+](=O)[O-])c3)C2)ncn1. The number of nitro benzene ring substituents is 1. The van der Waals surface area contributed by atoms with Crippen molar-refractivity contribution in [3.05, 3.63) is 58.0 Å². The second-order valence-corrected chi connectivity index (χ2v) is 6.59. The van der Waals surface area contributed by atoms with Crippen molar-refractivity contribution in [3.63, 3.8) is 0 Å². The van der Waals surface area contributed by atoms with Gasteiger partial charge in [0.2, 0.25) is 0 Å².